The van der Waals surface area contributed by atoms with Crippen molar-refractivity contribution in [1.82, 2.24) is 0 Å². The number of carboxylic acid groups (broad SMARTS) is 1. The van der Waals surface area contributed by atoms with E-state index >= 15 is 0 Å². The molecule has 1 aromatic carbocycles. The molecule has 0 atom stereocenters. The number of nitrogens with zero attached hydrogens (tertiary/aromatic N) is 1. The second-order valence-corrected chi connectivity index (χ2v) is 4.91. The van der Waals surface area contributed by atoms with E-state index in [0.717, 1.165) is 11.4 Å². The molecule has 1 aliphatic heterocycles. The van der Waals surface area contributed by atoms with Crippen LogP contribution in [0.1, 0.15) is 21.9 Å². The van der Waals surface area contributed by atoms with Crippen LogP contribution in [0.5, 0.6) is 0 Å². The Morgan fingerprint density at radius 2 is 2.19 bits per heavy atom. The number of aryl methyl sites for hydroxylation is 1. The molecule has 108 valence electrons. The molecule has 6 nitrogen and oxygen atoms in total. The minimum Gasteiger partial charge on any atom is -0.478 e. The molecule has 3 rings (SSSR count). The van der Waals surface area contributed by atoms with Gasteiger partial charge in [0.25, 0.3) is 0 Å². The van der Waals surface area contributed by atoms with Crippen molar-refractivity contribution in [1.29, 1.82) is 0 Å². The first kappa shape index (κ1) is 13.2. The van der Waals surface area contributed by atoms with Crippen molar-refractivity contribution in [3.05, 3.63) is 47.4 Å². The Morgan fingerprint density at radius 3 is 2.90 bits per heavy atom. The van der Waals surface area contributed by atoms with Crippen LogP contribution in [0.15, 0.2) is 34.7 Å². The van der Waals surface area contributed by atoms with E-state index in [0.29, 0.717) is 18.1 Å². The normalized spacial score (nSPS) is 13.8. The number of furan rings is 1. The molecule has 0 unspecified atom stereocenters. The molecule has 0 spiro atoms. The molecule has 0 saturated heterocycles. The highest BCUT2D eigenvalue weighted by atomic mass is 16.4. The van der Waals surface area contributed by atoms with E-state index in [1.54, 1.807) is 6.92 Å². The summed E-state index contributed by atoms with van der Waals surface area (Å²) in [4.78, 5) is 24.6. The monoisotopic (exact) mass is 286 g/mol. The van der Waals surface area contributed by atoms with Crippen molar-refractivity contribution < 1.29 is 19.1 Å². The topological polar surface area (TPSA) is 82.8 Å². The van der Waals surface area contributed by atoms with Crippen molar-refractivity contribution in [3.8, 4) is 0 Å². The molecule has 6 heteroatoms. The summed E-state index contributed by atoms with van der Waals surface area (Å²) < 4.78 is 5.47. The fraction of sp³-hybridized carbons (Fsp3) is 0.200. The van der Waals surface area contributed by atoms with Gasteiger partial charge in [-0.15, -0.1) is 0 Å². The van der Waals surface area contributed by atoms with E-state index in [1.165, 1.54) is 6.07 Å². The number of benzene rings is 1. The molecule has 0 radical (unpaired) electrons. The van der Waals surface area contributed by atoms with Gasteiger partial charge in [-0.05, 0) is 25.1 Å². The molecule has 1 aromatic heterocycles. The molecular weight excluding hydrogens is 272 g/mol. The molecule has 0 bridgehead atoms. The van der Waals surface area contributed by atoms with Crippen LogP contribution in [0.4, 0.5) is 11.4 Å². The number of hydrogen-bond donors (Lipinski definition) is 2. The number of nitrogens with one attached hydrogen (secondary N) is 1. The number of para-hydroxylation sites is 2. The summed E-state index contributed by atoms with van der Waals surface area (Å²) in [5.74, 6) is -0.226. The van der Waals surface area contributed by atoms with Gasteiger partial charge in [0.05, 0.1) is 24.5 Å². The lowest BCUT2D eigenvalue weighted by atomic mass is 10.2. The average molecular weight is 286 g/mol. The number of carbonyl (C=O) groups excluding carboxylic acids is 1. The Kier molecular flexibility index (Phi) is 3.13. The maximum absolute atomic E-state index is 11.7. The summed E-state index contributed by atoms with van der Waals surface area (Å²) in [6, 6.07) is 8.98. The summed E-state index contributed by atoms with van der Waals surface area (Å²) >= 11 is 0. The van der Waals surface area contributed by atoms with Crippen molar-refractivity contribution in [2.45, 2.75) is 13.5 Å². The first-order valence-electron chi connectivity index (χ1n) is 6.51. The average Bonchev–Trinajstić information content (AvgIpc) is 2.79. The van der Waals surface area contributed by atoms with Crippen molar-refractivity contribution in [3.63, 3.8) is 0 Å². The third kappa shape index (κ3) is 2.47. The zero-order valence-corrected chi connectivity index (χ0v) is 11.4. The van der Waals surface area contributed by atoms with Gasteiger partial charge in [0.15, 0.2) is 0 Å². The van der Waals surface area contributed by atoms with Gasteiger partial charge in [-0.25, -0.2) is 4.79 Å². The van der Waals surface area contributed by atoms with E-state index in [-0.39, 0.29) is 18.0 Å². The standard InChI is InChI=1S/C15H14N2O4/c1-9-11(15(19)20)6-10(21-9)7-17-8-14(18)16-12-4-2-3-5-13(12)17/h2-6H,7-8H2,1H3,(H,16,18)(H,19,20). The van der Waals surface area contributed by atoms with E-state index in [1.807, 2.05) is 29.2 Å². The van der Waals surface area contributed by atoms with Crippen LogP contribution in [-0.4, -0.2) is 23.5 Å². The second kappa shape index (κ2) is 4.97. The summed E-state index contributed by atoms with van der Waals surface area (Å²) in [6.07, 6.45) is 0. The summed E-state index contributed by atoms with van der Waals surface area (Å²) in [5.41, 5.74) is 1.79. The summed E-state index contributed by atoms with van der Waals surface area (Å²) in [7, 11) is 0. The van der Waals surface area contributed by atoms with Gasteiger partial charge in [-0.1, -0.05) is 12.1 Å². The third-order valence-electron chi connectivity index (χ3n) is 3.40. The summed E-state index contributed by atoms with van der Waals surface area (Å²) in [6.45, 7) is 2.17. The van der Waals surface area contributed by atoms with Gasteiger partial charge in [0.2, 0.25) is 5.91 Å². The van der Waals surface area contributed by atoms with E-state index in [2.05, 4.69) is 5.32 Å². The van der Waals surface area contributed by atoms with Gasteiger partial charge >= 0.3 is 5.97 Å². The number of anilines is 2. The highest BCUT2D eigenvalue weighted by molar-refractivity contribution is 6.01. The SMILES string of the molecule is Cc1oc(CN2CC(=O)Nc3ccccc32)cc1C(=O)O. The van der Waals surface area contributed by atoms with Crippen molar-refractivity contribution in [2.75, 3.05) is 16.8 Å². The minimum absolute atomic E-state index is 0.101. The van der Waals surface area contributed by atoms with E-state index in [4.69, 9.17) is 9.52 Å². The number of rotatable bonds is 3. The number of amides is 1. The quantitative estimate of drug-likeness (QED) is 0.904. The van der Waals surface area contributed by atoms with Crippen LogP contribution in [0.25, 0.3) is 0 Å². The largest absolute Gasteiger partial charge is 0.478 e. The van der Waals surface area contributed by atoms with Crippen molar-refractivity contribution in [2.24, 2.45) is 0 Å². The van der Waals surface area contributed by atoms with Gasteiger partial charge in [0.1, 0.15) is 17.1 Å². The van der Waals surface area contributed by atoms with Crippen LogP contribution < -0.4 is 10.2 Å². The highest BCUT2D eigenvalue weighted by Crippen LogP contribution is 2.30. The zero-order chi connectivity index (χ0) is 15.0. The number of carboxylic acids is 1. The first-order valence-corrected chi connectivity index (χ1v) is 6.51. The van der Waals surface area contributed by atoms with Crippen molar-refractivity contribution >= 4 is 23.3 Å². The molecule has 21 heavy (non-hydrogen) atoms. The molecule has 2 N–H and O–H groups in total. The fourth-order valence-corrected chi connectivity index (χ4v) is 2.47. The van der Waals surface area contributed by atoms with Gasteiger partial charge in [-0.3, -0.25) is 4.79 Å². The predicted molar refractivity (Wildman–Crippen MR) is 76.5 cm³/mol. The Balaban J connectivity index is 1.90. The number of aromatic carboxylic acids is 1. The number of fused-ring (bicyclic) bond motifs is 1. The molecule has 0 saturated carbocycles. The molecule has 0 aliphatic carbocycles. The third-order valence-corrected chi connectivity index (χ3v) is 3.40. The van der Waals surface area contributed by atoms with E-state index in [9.17, 15) is 9.59 Å². The van der Waals surface area contributed by atoms with Crippen LogP contribution in [0.3, 0.4) is 0 Å². The molecule has 2 aromatic rings. The molecule has 1 aliphatic rings. The lowest BCUT2D eigenvalue weighted by Gasteiger charge is -2.30. The molecule has 2 heterocycles. The van der Waals surface area contributed by atoms with Gasteiger partial charge < -0.3 is 19.7 Å². The van der Waals surface area contributed by atoms with Crippen LogP contribution >= 0.6 is 0 Å². The first-order chi connectivity index (χ1) is 10.0. The smallest absolute Gasteiger partial charge is 0.339 e. The molecular formula is C15H14N2O4. The summed E-state index contributed by atoms with van der Waals surface area (Å²) in [5, 5.41) is 11.9. The predicted octanol–water partition coefficient (Wildman–Crippen LogP) is 2.24. The highest BCUT2D eigenvalue weighted by Gasteiger charge is 2.23. The maximum atomic E-state index is 11.7. The van der Waals surface area contributed by atoms with Crippen LogP contribution in [0.2, 0.25) is 0 Å². The van der Waals surface area contributed by atoms with Gasteiger partial charge in [-0.2, -0.15) is 0 Å². The van der Waals surface area contributed by atoms with Crippen LogP contribution in [-0.2, 0) is 11.3 Å². The zero-order valence-electron chi connectivity index (χ0n) is 11.4. The maximum Gasteiger partial charge on any atom is 0.339 e. The molecule has 0 fully saturated rings. The second-order valence-electron chi connectivity index (χ2n) is 4.91. The number of hydrogen-bond acceptors (Lipinski definition) is 4. The Bertz CT molecular complexity index is 720. The fourth-order valence-electron chi connectivity index (χ4n) is 2.47. The lowest BCUT2D eigenvalue weighted by Crippen LogP contribution is -2.37. The van der Waals surface area contributed by atoms with E-state index < -0.39 is 5.97 Å². The van der Waals surface area contributed by atoms with Gasteiger partial charge in [0, 0.05) is 0 Å². The Morgan fingerprint density at radius 1 is 1.43 bits per heavy atom. The minimum atomic E-state index is -1.01. The molecule has 1 amide bonds. The Labute approximate surface area is 121 Å². The van der Waals surface area contributed by atoms with Crippen LogP contribution in [0, 0.1) is 6.92 Å². The Hall–Kier alpha value is -2.76. The lowest BCUT2D eigenvalue weighted by molar-refractivity contribution is -0.115. The number of carbonyl (C=O) groups is 2.